The second-order valence-corrected chi connectivity index (χ2v) is 5.45. The second kappa shape index (κ2) is 6.37. The van der Waals surface area contributed by atoms with Crippen LogP contribution in [0.25, 0.3) is 0 Å². The van der Waals surface area contributed by atoms with Crippen molar-refractivity contribution in [3.63, 3.8) is 0 Å². The molecule has 0 bridgehead atoms. The minimum Gasteiger partial charge on any atom is -0.378 e. The largest absolute Gasteiger partial charge is 0.378 e. The molecule has 0 aromatic carbocycles. The highest BCUT2D eigenvalue weighted by atomic mass is 16.5. The lowest BCUT2D eigenvalue weighted by Gasteiger charge is -2.38. The van der Waals surface area contributed by atoms with Gasteiger partial charge in [-0.05, 0) is 39.0 Å². The number of ether oxygens (including phenoxy) is 1. The first-order valence-corrected chi connectivity index (χ1v) is 7.36. The predicted octanol–water partition coefficient (Wildman–Crippen LogP) is 1.07. The molecule has 3 unspecified atom stereocenters. The Bertz CT molecular complexity index is 340. The average molecular weight is 268 g/mol. The summed E-state index contributed by atoms with van der Waals surface area (Å²) in [6.07, 6.45) is 5.13. The minimum atomic E-state index is -0.362. The third-order valence-corrected chi connectivity index (χ3v) is 4.12. The van der Waals surface area contributed by atoms with Gasteiger partial charge in [-0.1, -0.05) is 6.92 Å². The molecule has 5 nitrogen and oxygen atoms in total. The Labute approximate surface area is 114 Å². The third-order valence-electron chi connectivity index (χ3n) is 4.12. The molecule has 3 atom stereocenters. The van der Waals surface area contributed by atoms with Crippen LogP contribution in [-0.2, 0) is 14.3 Å². The number of hydrogen-bond donors (Lipinski definition) is 1. The van der Waals surface area contributed by atoms with E-state index in [0.29, 0.717) is 13.0 Å². The van der Waals surface area contributed by atoms with Gasteiger partial charge in [0.15, 0.2) is 0 Å². The first-order valence-electron chi connectivity index (χ1n) is 7.36. The number of piperazine rings is 1. The van der Waals surface area contributed by atoms with Crippen LogP contribution >= 0.6 is 0 Å². The number of rotatable bonds is 4. The van der Waals surface area contributed by atoms with Gasteiger partial charge in [0.25, 0.3) is 0 Å². The van der Waals surface area contributed by atoms with Gasteiger partial charge in [0.05, 0.1) is 6.10 Å². The summed E-state index contributed by atoms with van der Waals surface area (Å²) in [5.41, 5.74) is 0. The maximum absolute atomic E-state index is 12.3. The van der Waals surface area contributed by atoms with Gasteiger partial charge in [0.2, 0.25) is 11.8 Å². The van der Waals surface area contributed by atoms with Gasteiger partial charge in [-0.3, -0.25) is 9.59 Å². The molecule has 0 radical (unpaired) electrons. The number of carbonyl (C=O) groups excluding carboxylic acids is 2. The summed E-state index contributed by atoms with van der Waals surface area (Å²) in [6, 6.07) is -0.713. The highest BCUT2D eigenvalue weighted by Gasteiger charge is 2.37. The van der Waals surface area contributed by atoms with Gasteiger partial charge in [-0.15, -0.1) is 0 Å². The molecule has 2 amide bonds. The highest BCUT2D eigenvalue weighted by molar-refractivity contribution is 5.96. The number of nitrogens with one attached hydrogen (secondary N) is 1. The monoisotopic (exact) mass is 268 g/mol. The van der Waals surface area contributed by atoms with E-state index in [1.54, 1.807) is 11.8 Å². The molecule has 108 valence electrons. The zero-order chi connectivity index (χ0) is 13.8. The molecule has 2 rings (SSSR count). The van der Waals surface area contributed by atoms with Crippen LogP contribution in [0.15, 0.2) is 0 Å². The van der Waals surface area contributed by atoms with Crippen molar-refractivity contribution in [2.45, 2.75) is 64.1 Å². The van der Waals surface area contributed by atoms with Crippen LogP contribution in [0.3, 0.4) is 0 Å². The Morgan fingerprint density at radius 2 is 2.16 bits per heavy atom. The molecule has 5 heteroatoms. The molecule has 2 heterocycles. The van der Waals surface area contributed by atoms with Crippen molar-refractivity contribution < 1.29 is 14.3 Å². The molecule has 2 saturated heterocycles. The van der Waals surface area contributed by atoms with E-state index in [-0.39, 0.29) is 30.0 Å². The van der Waals surface area contributed by atoms with Crippen LogP contribution in [-0.4, -0.2) is 48.1 Å². The second-order valence-electron chi connectivity index (χ2n) is 5.45. The fraction of sp³-hybridized carbons (Fsp3) is 0.857. The first kappa shape index (κ1) is 14.3. The molecule has 0 aromatic heterocycles. The van der Waals surface area contributed by atoms with Gasteiger partial charge < -0.3 is 15.0 Å². The summed E-state index contributed by atoms with van der Waals surface area (Å²) >= 11 is 0. The maximum Gasteiger partial charge on any atom is 0.245 e. The molecule has 0 saturated carbocycles. The molecule has 2 aliphatic rings. The third kappa shape index (κ3) is 3.26. The van der Waals surface area contributed by atoms with Crippen molar-refractivity contribution in [2.24, 2.45) is 0 Å². The number of hydrogen-bond acceptors (Lipinski definition) is 3. The van der Waals surface area contributed by atoms with Crippen molar-refractivity contribution in [3.8, 4) is 0 Å². The number of amides is 2. The topological polar surface area (TPSA) is 58.6 Å². The molecular weight excluding hydrogens is 244 g/mol. The van der Waals surface area contributed by atoms with Gasteiger partial charge in [-0.25, -0.2) is 0 Å². The Balaban J connectivity index is 1.91. The minimum absolute atomic E-state index is 0.0454. The van der Waals surface area contributed by atoms with Crippen LogP contribution in [0.5, 0.6) is 0 Å². The first-order chi connectivity index (χ1) is 9.13. The summed E-state index contributed by atoms with van der Waals surface area (Å²) < 4.78 is 5.68. The lowest BCUT2D eigenvalue weighted by Crippen LogP contribution is -2.62. The van der Waals surface area contributed by atoms with E-state index < -0.39 is 0 Å². The summed E-state index contributed by atoms with van der Waals surface area (Å²) in [4.78, 5) is 25.8. The summed E-state index contributed by atoms with van der Waals surface area (Å²) in [5.74, 6) is 0.00132. The SMILES string of the molecule is CCC1NC(=O)C(C)N(CCC2CCCCO2)C1=O. The summed E-state index contributed by atoms with van der Waals surface area (Å²) in [7, 11) is 0. The zero-order valence-corrected chi connectivity index (χ0v) is 11.9. The molecule has 1 N–H and O–H groups in total. The van der Waals surface area contributed by atoms with Crippen molar-refractivity contribution in [1.82, 2.24) is 10.2 Å². The maximum atomic E-state index is 12.3. The average Bonchev–Trinajstić information content (AvgIpc) is 2.44. The fourth-order valence-electron chi connectivity index (χ4n) is 2.79. The van der Waals surface area contributed by atoms with Crippen LogP contribution in [0.2, 0.25) is 0 Å². The lowest BCUT2D eigenvalue weighted by atomic mass is 10.0. The molecule has 0 aromatic rings. The summed E-state index contributed by atoms with van der Waals surface area (Å²) in [6.45, 7) is 5.16. The van der Waals surface area contributed by atoms with Gasteiger partial charge >= 0.3 is 0 Å². The van der Waals surface area contributed by atoms with Crippen LogP contribution in [0.1, 0.15) is 46.0 Å². The van der Waals surface area contributed by atoms with E-state index in [9.17, 15) is 9.59 Å². The van der Waals surface area contributed by atoms with Crippen LogP contribution in [0, 0.1) is 0 Å². The van der Waals surface area contributed by atoms with Gasteiger partial charge in [0.1, 0.15) is 12.1 Å². The standard InChI is InChI=1S/C14H24N2O3/c1-3-12-14(18)16(10(2)13(17)15-12)8-7-11-6-4-5-9-19-11/h10-12H,3-9H2,1-2H3,(H,15,17). The van der Waals surface area contributed by atoms with Crippen molar-refractivity contribution >= 4 is 11.8 Å². The number of nitrogens with zero attached hydrogens (tertiary/aromatic N) is 1. The molecule has 2 aliphatic heterocycles. The number of carbonyl (C=O) groups is 2. The Hall–Kier alpha value is -1.10. The van der Waals surface area contributed by atoms with Crippen molar-refractivity contribution in [2.75, 3.05) is 13.2 Å². The lowest BCUT2D eigenvalue weighted by molar-refractivity contribution is -0.149. The smallest absolute Gasteiger partial charge is 0.245 e. The normalized spacial score (nSPS) is 32.3. The quantitative estimate of drug-likeness (QED) is 0.829. The molecule has 19 heavy (non-hydrogen) atoms. The van der Waals surface area contributed by atoms with E-state index in [2.05, 4.69) is 5.32 Å². The molecule has 0 spiro atoms. The van der Waals surface area contributed by atoms with Crippen LogP contribution < -0.4 is 5.32 Å². The van der Waals surface area contributed by atoms with Crippen molar-refractivity contribution in [1.29, 1.82) is 0 Å². The van der Waals surface area contributed by atoms with E-state index in [1.165, 1.54) is 6.42 Å². The van der Waals surface area contributed by atoms with Crippen molar-refractivity contribution in [3.05, 3.63) is 0 Å². The Morgan fingerprint density at radius 1 is 1.37 bits per heavy atom. The molecule has 0 aliphatic carbocycles. The van der Waals surface area contributed by atoms with E-state index >= 15 is 0 Å². The highest BCUT2D eigenvalue weighted by Crippen LogP contribution is 2.18. The van der Waals surface area contributed by atoms with Crippen LogP contribution in [0.4, 0.5) is 0 Å². The summed E-state index contributed by atoms with van der Waals surface area (Å²) in [5, 5.41) is 2.77. The Kier molecular flexibility index (Phi) is 4.80. The Morgan fingerprint density at radius 3 is 2.79 bits per heavy atom. The molecular formula is C14H24N2O3. The van der Waals surface area contributed by atoms with Gasteiger partial charge in [-0.2, -0.15) is 0 Å². The van der Waals surface area contributed by atoms with Gasteiger partial charge in [0, 0.05) is 13.2 Å². The predicted molar refractivity (Wildman–Crippen MR) is 71.6 cm³/mol. The zero-order valence-electron chi connectivity index (χ0n) is 11.9. The van der Waals surface area contributed by atoms with E-state index in [1.807, 2.05) is 6.92 Å². The van der Waals surface area contributed by atoms with E-state index in [4.69, 9.17) is 4.74 Å². The van der Waals surface area contributed by atoms with E-state index in [0.717, 1.165) is 25.9 Å². The fourth-order valence-corrected chi connectivity index (χ4v) is 2.79. The molecule has 2 fully saturated rings.